The van der Waals surface area contributed by atoms with Crippen LogP contribution in [0.2, 0.25) is 0 Å². The van der Waals surface area contributed by atoms with Gasteiger partial charge < -0.3 is 16.2 Å². The lowest BCUT2D eigenvalue weighted by molar-refractivity contribution is 0.0384. The fourth-order valence-corrected chi connectivity index (χ4v) is 2.03. The highest BCUT2D eigenvalue weighted by molar-refractivity contribution is 5.19. The number of ether oxygens (including phenoxy) is 1. The van der Waals surface area contributed by atoms with Crippen molar-refractivity contribution in [2.24, 2.45) is 17.4 Å². The first-order valence-corrected chi connectivity index (χ1v) is 5.27. The summed E-state index contributed by atoms with van der Waals surface area (Å²) in [4.78, 5) is 4.05. The van der Waals surface area contributed by atoms with Gasteiger partial charge in [-0.3, -0.25) is 4.98 Å². The number of hydrogen-bond acceptors (Lipinski definition) is 4. The lowest BCUT2D eigenvalue weighted by Crippen LogP contribution is -2.53. The molecule has 1 aromatic rings. The van der Waals surface area contributed by atoms with E-state index in [2.05, 4.69) is 4.98 Å². The smallest absolute Gasteiger partial charge is 0.0945 e. The van der Waals surface area contributed by atoms with Crippen molar-refractivity contribution >= 4 is 0 Å². The minimum Gasteiger partial charge on any atom is -0.381 e. The van der Waals surface area contributed by atoms with E-state index in [4.69, 9.17) is 16.2 Å². The molecule has 1 fully saturated rings. The van der Waals surface area contributed by atoms with Crippen LogP contribution in [0.3, 0.4) is 0 Å². The molecule has 4 heteroatoms. The Labute approximate surface area is 89.6 Å². The van der Waals surface area contributed by atoms with Crippen molar-refractivity contribution in [2.45, 2.75) is 18.5 Å². The number of pyridine rings is 1. The summed E-state index contributed by atoms with van der Waals surface area (Å²) >= 11 is 0. The van der Waals surface area contributed by atoms with Crippen LogP contribution in [-0.4, -0.2) is 18.2 Å². The molecule has 4 N–H and O–H groups in total. The number of nitrogens with zero attached hydrogens (tertiary/aromatic N) is 1. The Morgan fingerprint density at radius 1 is 1.33 bits per heavy atom. The van der Waals surface area contributed by atoms with Crippen LogP contribution in [0, 0.1) is 5.92 Å². The Bertz CT molecular complexity index is 307. The molecule has 1 saturated heterocycles. The Balaban J connectivity index is 2.18. The van der Waals surface area contributed by atoms with Gasteiger partial charge in [0.15, 0.2) is 0 Å². The Kier molecular flexibility index (Phi) is 3.00. The van der Waals surface area contributed by atoms with Crippen LogP contribution in [0.1, 0.15) is 18.4 Å². The normalized spacial score (nSPS) is 19.1. The summed E-state index contributed by atoms with van der Waals surface area (Å²) in [6.45, 7) is 1.50. The molecule has 4 nitrogen and oxygen atoms in total. The van der Waals surface area contributed by atoms with Crippen LogP contribution >= 0.6 is 0 Å². The molecular formula is C11H17N3O. The summed E-state index contributed by atoms with van der Waals surface area (Å²) in [6, 6.07) is 3.80. The van der Waals surface area contributed by atoms with E-state index in [1.807, 2.05) is 12.1 Å². The van der Waals surface area contributed by atoms with E-state index in [1.165, 1.54) is 0 Å². The third kappa shape index (κ3) is 2.17. The molecule has 15 heavy (non-hydrogen) atoms. The van der Waals surface area contributed by atoms with Crippen LogP contribution < -0.4 is 11.5 Å². The maximum Gasteiger partial charge on any atom is 0.0945 e. The number of nitrogens with two attached hydrogens (primary N) is 2. The Hall–Kier alpha value is -0.970. The molecule has 0 aliphatic carbocycles. The molecule has 0 radical (unpaired) electrons. The zero-order valence-corrected chi connectivity index (χ0v) is 8.73. The van der Waals surface area contributed by atoms with E-state index in [0.717, 1.165) is 31.6 Å². The fourth-order valence-electron chi connectivity index (χ4n) is 2.03. The Morgan fingerprint density at radius 2 is 2.07 bits per heavy atom. The van der Waals surface area contributed by atoms with E-state index in [-0.39, 0.29) is 5.92 Å². The molecule has 0 amide bonds. The third-order valence-electron chi connectivity index (χ3n) is 3.06. The Morgan fingerprint density at radius 3 is 2.67 bits per heavy atom. The molecule has 2 rings (SSSR count). The molecule has 0 unspecified atom stereocenters. The number of rotatable bonds is 2. The standard InChI is InChI=1S/C11H17N3O/c12-11(13,9-3-6-15-7-4-9)10-2-1-5-14-8-10/h1-2,5,8-9H,3-4,6-7,12-13H2. The van der Waals surface area contributed by atoms with Crippen LogP contribution in [0.15, 0.2) is 24.5 Å². The monoisotopic (exact) mass is 207 g/mol. The molecule has 0 aromatic carbocycles. The van der Waals surface area contributed by atoms with E-state index >= 15 is 0 Å². The van der Waals surface area contributed by atoms with Crippen molar-refractivity contribution in [1.82, 2.24) is 4.98 Å². The van der Waals surface area contributed by atoms with Crippen molar-refractivity contribution < 1.29 is 4.74 Å². The predicted molar refractivity (Wildman–Crippen MR) is 57.8 cm³/mol. The molecule has 2 heterocycles. The second-order valence-electron chi connectivity index (χ2n) is 4.06. The second kappa shape index (κ2) is 4.26. The molecule has 1 aliphatic heterocycles. The van der Waals surface area contributed by atoms with Gasteiger partial charge in [-0.15, -0.1) is 0 Å². The van der Waals surface area contributed by atoms with Crippen molar-refractivity contribution in [3.8, 4) is 0 Å². The first kappa shape index (κ1) is 10.5. The summed E-state index contributed by atoms with van der Waals surface area (Å²) in [5.74, 6) is 0.274. The van der Waals surface area contributed by atoms with Gasteiger partial charge in [0.1, 0.15) is 0 Å². The van der Waals surface area contributed by atoms with Crippen LogP contribution in [0.4, 0.5) is 0 Å². The average molecular weight is 207 g/mol. The zero-order valence-electron chi connectivity index (χ0n) is 8.73. The summed E-state index contributed by atoms with van der Waals surface area (Å²) < 4.78 is 5.30. The third-order valence-corrected chi connectivity index (χ3v) is 3.06. The maximum atomic E-state index is 6.20. The van der Waals surface area contributed by atoms with E-state index in [1.54, 1.807) is 12.4 Å². The van der Waals surface area contributed by atoms with Crippen molar-refractivity contribution in [3.05, 3.63) is 30.1 Å². The van der Waals surface area contributed by atoms with Crippen LogP contribution in [-0.2, 0) is 10.4 Å². The van der Waals surface area contributed by atoms with Gasteiger partial charge in [0.2, 0.25) is 0 Å². The molecule has 0 spiro atoms. The number of aromatic nitrogens is 1. The predicted octanol–water partition coefficient (Wildman–Crippen LogP) is 0.578. The first-order chi connectivity index (χ1) is 7.21. The second-order valence-corrected chi connectivity index (χ2v) is 4.06. The van der Waals surface area contributed by atoms with Crippen molar-refractivity contribution in [2.75, 3.05) is 13.2 Å². The molecule has 0 saturated carbocycles. The van der Waals surface area contributed by atoms with Gasteiger partial charge in [-0.05, 0) is 24.8 Å². The highest BCUT2D eigenvalue weighted by Gasteiger charge is 2.33. The molecule has 0 atom stereocenters. The zero-order chi connectivity index (χ0) is 10.7. The first-order valence-electron chi connectivity index (χ1n) is 5.27. The average Bonchev–Trinajstić information content (AvgIpc) is 2.31. The molecule has 0 bridgehead atoms. The summed E-state index contributed by atoms with van der Waals surface area (Å²) in [6.07, 6.45) is 5.31. The largest absolute Gasteiger partial charge is 0.381 e. The van der Waals surface area contributed by atoms with Gasteiger partial charge >= 0.3 is 0 Å². The van der Waals surface area contributed by atoms with Crippen molar-refractivity contribution in [1.29, 1.82) is 0 Å². The van der Waals surface area contributed by atoms with Gasteiger partial charge in [0, 0.05) is 31.2 Å². The number of hydrogen-bond donors (Lipinski definition) is 2. The van der Waals surface area contributed by atoms with E-state index < -0.39 is 5.66 Å². The maximum absolute atomic E-state index is 6.20. The lowest BCUT2D eigenvalue weighted by Gasteiger charge is -2.36. The molecular weight excluding hydrogens is 190 g/mol. The topological polar surface area (TPSA) is 74.2 Å². The van der Waals surface area contributed by atoms with E-state index in [0.29, 0.717) is 0 Å². The van der Waals surface area contributed by atoms with E-state index in [9.17, 15) is 0 Å². The summed E-state index contributed by atoms with van der Waals surface area (Å²) in [5, 5.41) is 0. The van der Waals surface area contributed by atoms with Crippen LogP contribution in [0.25, 0.3) is 0 Å². The van der Waals surface area contributed by atoms with Gasteiger partial charge in [0.25, 0.3) is 0 Å². The quantitative estimate of drug-likeness (QED) is 0.696. The highest BCUT2D eigenvalue weighted by Crippen LogP contribution is 2.29. The van der Waals surface area contributed by atoms with Gasteiger partial charge in [-0.25, -0.2) is 0 Å². The summed E-state index contributed by atoms with van der Waals surface area (Å²) in [5.41, 5.74) is 12.5. The summed E-state index contributed by atoms with van der Waals surface area (Å²) in [7, 11) is 0. The minimum atomic E-state index is -0.780. The van der Waals surface area contributed by atoms with Crippen LogP contribution in [0.5, 0.6) is 0 Å². The molecule has 1 aliphatic rings. The lowest BCUT2D eigenvalue weighted by atomic mass is 9.83. The highest BCUT2D eigenvalue weighted by atomic mass is 16.5. The molecule has 82 valence electrons. The minimum absolute atomic E-state index is 0.274. The van der Waals surface area contributed by atoms with Crippen molar-refractivity contribution in [3.63, 3.8) is 0 Å². The SMILES string of the molecule is NC(N)(c1cccnc1)C1CCOCC1. The molecule has 1 aromatic heterocycles. The van der Waals surface area contributed by atoms with Gasteiger partial charge in [0.05, 0.1) is 5.66 Å². The van der Waals surface area contributed by atoms with Gasteiger partial charge in [-0.2, -0.15) is 0 Å². The fraction of sp³-hybridized carbons (Fsp3) is 0.545. The van der Waals surface area contributed by atoms with Gasteiger partial charge in [-0.1, -0.05) is 6.07 Å².